The molecule has 120 valence electrons. The highest BCUT2D eigenvalue weighted by atomic mass is 32.1. The van der Waals surface area contributed by atoms with Crippen LogP contribution in [0, 0.1) is 13.8 Å². The number of nitrogens with zero attached hydrogens (tertiary/aromatic N) is 1. The second kappa shape index (κ2) is 7.25. The number of aromatic nitrogens is 1. The summed E-state index contributed by atoms with van der Waals surface area (Å²) in [5.74, 6) is 0.985. The number of aryl methyl sites for hydroxylation is 2. The second-order valence-corrected chi connectivity index (χ2v) is 7.29. The van der Waals surface area contributed by atoms with Gasteiger partial charge in [-0.3, -0.25) is 0 Å². The van der Waals surface area contributed by atoms with Crippen LogP contribution in [0.1, 0.15) is 42.1 Å². The smallest absolute Gasteiger partial charge is 0.122 e. The Morgan fingerprint density at radius 1 is 1.27 bits per heavy atom. The zero-order valence-corrected chi connectivity index (χ0v) is 14.8. The van der Waals surface area contributed by atoms with Crippen molar-refractivity contribution >= 4 is 11.3 Å². The van der Waals surface area contributed by atoms with Crippen LogP contribution in [0.2, 0.25) is 0 Å². The topological polar surface area (TPSA) is 48.1 Å². The van der Waals surface area contributed by atoms with E-state index in [1.807, 2.05) is 0 Å². The Bertz CT molecular complexity index is 619. The molecule has 0 spiro atoms. The fraction of sp³-hybridized carbons (Fsp3) is 0.500. The van der Waals surface area contributed by atoms with E-state index in [9.17, 15) is 0 Å². The molecule has 0 aliphatic rings. The summed E-state index contributed by atoms with van der Waals surface area (Å²) in [6.45, 7) is 9.97. The molecule has 0 radical (unpaired) electrons. The van der Waals surface area contributed by atoms with Gasteiger partial charge in [0, 0.05) is 17.2 Å². The van der Waals surface area contributed by atoms with Crippen LogP contribution in [0.5, 0.6) is 5.75 Å². The maximum absolute atomic E-state index is 5.99. The van der Waals surface area contributed by atoms with Crippen LogP contribution in [0.3, 0.4) is 0 Å². The van der Waals surface area contributed by atoms with E-state index in [1.54, 1.807) is 11.3 Å². The first-order chi connectivity index (χ1) is 10.4. The lowest BCUT2D eigenvalue weighted by atomic mass is 9.90. The number of benzene rings is 1. The summed E-state index contributed by atoms with van der Waals surface area (Å²) in [6, 6.07) is 6.32. The Labute approximate surface area is 137 Å². The van der Waals surface area contributed by atoms with Gasteiger partial charge in [-0.25, -0.2) is 4.98 Å². The lowest BCUT2D eigenvalue weighted by Gasteiger charge is -2.22. The van der Waals surface area contributed by atoms with Gasteiger partial charge in [-0.15, -0.1) is 11.3 Å². The summed E-state index contributed by atoms with van der Waals surface area (Å²) in [4.78, 5) is 4.71. The normalized spacial score (nSPS) is 11.7. The largest absolute Gasteiger partial charge is 0.493 e. The summed E-state index contributed by atoms with van der Waals surface area (Å²) in [5.41, 5.74) is 9.13. The van der Waals surface area contributed by atoms with Crippen molar-refractivity contribution in [2.24, 2.45) is 5.73 Å². The predicted octanol–water partition coefficient (Wildman–Crippen LogP) is 4.01. The van der Waals surface area contributed by atoms with E-state index in [2.05, 4.69) is 51.3 Å². The molecule has 1 aromatic carbocycles. The first-order valence-corrected chi connectivity index (χ1v) is 8.65. The van der Waals surface area contributed by atoms with Gasteiger partial charge in [0.15, 0.2) is 0 Å². The molecular formula is C18H26N2OS. The highest BCUT2D eigenvalue weighted by molar-refractivity contribution is 7.09. The van der Waals surface area contributed by atoms with Crippen LogP contribution >= 0.6 is 11.3 Å². The van der Waals surface area contributed by atoms with E-state index in [1.165, 1.54) is 16.1 Å². The molecule has 0 bridgehead atoms. The van der Waals surface area contributed by atoms with Gasteiger partial charge in [0.2, 0.25) is 0 Å². The SMILES string of the molecule is Cc1ccc(C)c(OCCC(C)(C)c2nc(CCN)cs2)c1. The molecule has 0 aliphatic carbocycles. The van der Waals surface area contributed by atoms with Gasteiger partial charge in [0.05, 0.1) is 17.3 Å². The maximum Gasteiger partial charge on any atom is 0.122 e. The monoisotopic (exact) mass is 318 g/mol. The summed E-state index contributed by atoms with van der Waals surface area (Å²) < 4.78 is 5.99. The van der Waals surface area contributed by atoms with E-state index >= 15 is 0 Å². The first kappa shape index (κ1) is 17.0. The van der Waals surface area contributed by atoms with E-state index in [4.69, 9.17) is 15.5 Å². The molecule has 0 saturated carbocycles. The molecule has 0 amide bonds. The Kier molecular flexibility index (Phi) is 5.59. The molecule has 22 heavy (non-hydrogen) atoms. The standard InChI is InChI=1S/C18H26N2OS/c1-13-5-6-14(2)16(11-13)21-10-8-18(3,4)17-20-15(7-9-19)12-22-17/h5-6,11-12H,7-10,19H2,1-4H3. The van der Waals surface area contributed by atoms with Crippen LogP contribution in [0.4, 0.5) is 0 Å². The van der Waals surface area contributed by atoms with Crippen LogP contribution in [0.15, 0.2) is 23.6 Å². The fourth-order valence-electron chi connectivity index (χ4n) is 2.27. The van der Waals surface area contributed by atoms with E-state index in [0.717, 1.165) is 24.3 Å². The van der Waals surface area contributed by atoms with Crippen molar-refractivity contribution in [2.45, 2.75) is 46.0 Å². The van der Waals surface area contributed by atoms with Crippen molar-refractivity contribution in [3.05, 3.63) is 45.4 Å². The Morgan fingerprint density at radius 2 is 2.05 bits per heavy atom. The fourth-order valence-corrected chi connectivity index (χ4v) is 3.28. The molecular weight excluding hydrogens is 292 g/mol. The minimum absolute atomic E-state index is 0.0231. The average Bonchev–Trinajstić information content (AvgIpc) is 2.92. The number of nitrogens with two attached hydrogens (primary N) is 1. The molecule has 2 N–H and O–H groups in total. The summed E-state index contributed by atoms with van der Waals surface area (Å²) in [5, 5.41) is 3.29. The third-order valence-electron chi connectivity index (χ3n) is 3.86. The van der Waals surface area contributed by atoms with Crippen molar-refractivity contribution in [1.82, 2.24) is 4.98 Å². The average molecular weight is 318 g/mol. The maximum atomic E-state index is 5.99. The highest BCUT2D eigenvalue weighted by Gasteiger charge is 2.24. The van der Waals surface area contributed by atoms with Crippen LogP contribution in [0.25, 0.3) is 0 Å². The summed E-state index contributed by atoms with van der Waals surface area (Å²) in [6.07, 6.45) is 1.79. The molecule has 0 aliphatic heterocycles. The van der Waals surface area contributed by atoms with Gasteiger partial charge >= 0.3 is 0 Å². The zero-order valence-electron chi connectivity index (χ0n) is 14.0. The Balaban J connectivity index is 1.95. The van der Waals surface area contributed by atoms with Crippen LogP contribution < -0.4 is 10.5 Å². The number of rotatable bonds is 7. The van der Waals surface area contributed by atoms with E-state index in [-0.39, 0.29) is 5.41 Å². The van der Waals surface area contributed by atoms with Crippen LogP contribution in [-0.4, -0.2) is 18.1 Å². The molecule has 3 nitrogen and oxygen atoms in total. The Morgan fingerprint density at radius 3 is 2.77 bits per heavy atom. The number of hydrogen-bond donors (Lipinski definition) is 1. The molecule has 0 saturated heterocycles. The highest BCUT2D eigenvalue weighted by Crippen LogP contribution is 2.30. The molecule has 1 aromatic heterocycles. The van der Waals surface area contributed by atoms with Gasteiger partial charge in [0.25, 0.3) is 0 Å². The lowest BCUT2D eigenvalue weighted by molar-refractivity contribution is 0.270. The van der Waals surface area contributed by atoms with Crippen molar-refractivity contribution in [3.63, 3.8) is 0 Å². The zero-order chi connectivity index (χ0) is 16.2. The van der Waals surface area contributed by atoms with Gasteiger partial charge in [-0.1, -0.05) is 26.0 Å². The van der Waals surface area contributed by atoms with Gasteiger partial charge in [-0.05, 0) is 44.0 Å². The third kappa shape index (κ3) is 4.31. The van der Waals surface area contributed by atoms with Gasteiger partial charge in [0.1, 0.15) is 5.75 Å². The van der Waals surface area contributed by atoms with E-state index in [0.29, 0.717) is 13.2 Å². The molecule has 0 unspecified atom stereocenters. The third-order valence-corrected chi connectivity index (χ3v) is 5.12. The van der Waals surface area contributed by atoms with E-state index < -0.39 is 0 Å². The van der Waals surface area contributed by atoms with Crippen molar-refractivity contribution in [1.29, 1.82) is 0 Å². The minimum Gasteiger partial charge on any atom is -0.493 e. The molecule has 4 heteroatoms. The first-order valence-electron chi connectivity index (χ1n) is 7.77. The van der Waals surface area contributed by atoms with Crippen molar-refractivity contribution in [2.75, 3.05) is 13.2 Å². The molecule has 1 heterocycles. The van der Waals surface area contributed by atoms with Crippen molar-refractivity contribution < 1.29 is 4.74 Å². The van der Waals surface area contributed by atoms with Gasteiger partial charge < -0.3 is 10.5 Å². The minimum atomic E-state index is 0.0231. The number of ether oxygens (including phenoxy) is 1. The summed E-state index contributed by atoms with van der Waals surface area (Å²) >= 11 is 1.73. The lowest BCUT2D eigenvalue weighted by Crippen LogP contribution is -2.21. The molecule has 0 atom stereocenters. The summed E-state index contributed by atoms with van der Waals surface area (Å²) in [7, 11) is 0. The van der Waals surface area contributed by atoms with Crippen LogP contribution in [-0.2, 0) is 11.8 Å². The second-order valence-electron chi connectivity index (χ2n) is 6.43. The quantitative estimate of drug-likeness (QED) is 0.839. The predicted molar refractivity (Wildman–Crippen MR) is 93.9 cm³/mol. The molecule has 0 fully saturated rings. The number of thiazole rings is 1. The molecule has 2 rings (SSSR count). The Hall–Kier alpha value is -1.39. The van der Waals surface area contributed by atoms with Gasteiger partial charge in [-0.2, -0.15) is 0 Å². The number of hydrogen-bond acceptors (Lipinski definition) is 4. The van der Waals surface area contributed by atoms with Crippen molar-refractivity contribution in [3.8, 4) is 5.75 Å². The molecule has 2 aromatic rings.